The van der Waals surface area contributed by atoms with Crippen LogP contribution in [0.25, 0.3) is 0 Å². The van der Waals surface area contributed by atoms with Gasteiger partial charge in [0, 0.05) is 29.3 Å². The van der Waals surface area contributed by atoms with Crippen molar-refractivity contribution in [2.45, 2.75) is 0 Å². The number of rotatable bonds is 7. The Bertz CT molecular complexity index is 1020. The number of esters is 1. The molecule has 9 heteroatoms. The van der Waals surface area contributed by atoms with E-state index >= 15 is 0 Å². The van der Waals surface area contributed by atoms with Gasteiger partial charge in [-0.2, -0.15) is 0 Å². The van der Waals surface area contributed by atoms with Gasteiger partial charge in [0.15, 0.2) is 12.3 Å². The Balaban J connectivity index is 1.50. The maximum absolute atomic E-state index is 12.3. The number of methoxy groups -OCH3 is 1. The average Bonchev–Trinajstić information content (AvgIpc) is 2.79. The van der Waals surface area contributed by atoms with Crippen LogP contribution in [-0.2, 0) is 9.53 Å². The third-order valence-corrected chi connectivity index (χ3v) is 3.89. The molecule has 2 amide bonds. The molecule has 152 valence electrons. The maximum Gasteiger partial charge on any atom is 0.359 e. The van der Waals surface area contributed by atoms with Gasteiger partial charge < -0.3 is 20.1 Å². The molecule has 0 saturated heterocycles. The molecule has 2 aromatic carbocycles. The number of benzene rings is 2. The van der Waals surface area contributed by atoms with Crippen LogP contribution >= 0.6 is 0 Å². The molecule has 0 aliphatic rings. The van der Waals surface area contributed by atoms with Crippen LogP contribution in [0, 0.1) is 0 Å². The molecule has 3 rings (SSSR count). The number of nitrogens with zero attached hydrogens (tertiary/aromatic N) is 2. The van der Waals surface area contributed by atoms with Crippen LogP contribution < -0.4 is 15.4 Å². The predicted octanol–water partition coefficient (Wildman–Crippen LogP) is 2.53. The Morgan fingerprint density at radius 2 is 1.57 bits per heavy atom. The first-order valence-corrected chi connectivity index (χ1v) is 8.83. The van der Waals surface area contributed by atoms with Gasteiger partial charge in [0.05, 0.1) is 13.3 Å². The summed E-state index contributed by atoms with van der Waals surface area (Å²) in [5, 5.41) is 5.35. The highest BCUT2D eigenvalue weighted by atomic mass is 16.5. The molecule has 0 radical (unpaired) electrons. The van der Waals surface area contributed by atoms with Gasteiger partial charge in [-0.25, -0.2) is 9.78 Å². The number of carbonyl (C=O) groups is 3. The van der Waals surface area contributed by atoms with Crippen LogP contribution in [0.4, 0.5) is 11.4 Å². The number of anilines is 2. The second-order valence-corrected chi connectivity index (χ2v) is 5.97. The summed E-state index contributed by atoms with van der Waals surface area (Å²) in [4.78, 5) is 43.6. The minimum Gasteiger partial charge on any atom is -0.497 e. The fourth-order valence-electron chi connectivity index (χ4n) is 2.39. The summed E-state index contributed by atoms with van der Waals surface area (Å²) in [6.07, 6.45) is 4.02. The van der Waals surface area contributed by atoms with Crippen LogP contribution in [0.5, 0.6) is 5.75 Å². The molecule has 0 aliphatic carbocycles. The van der Waals surface area contributed by atoms with E-state index < -0.39 is 18.5 Å². The van der Waals surface area contributed by atoms with Crippen molar-refractivity contribution < 1.29 is 23.9 Å². The van der Waals surface area contributed by atoms with Crippen molar-refractivity contribution in [2.24, 2.45) is 0 Å². The summed E-state index contributed by atoms with van der Waals surface area (Å²) in [6.45, 7) is -0.477. The fourth-order valence-corrected chi connectivity index (χ4v) is 2.39. The van der Waals surface area contributed by atoms with Crippen molar-refractivity contribution in [1.29, 1.82) is 0 Å². The monoisotopic (exact) mass is 406 g/mol. The molecule has 1 aromatic heterocycles. The number of aromatic nitrogens is 2. The second-order valence-electron chi connectivity index (χ2n) is 5.97. The van der Waals surface area contributed by atoms with E-state index in [-0.39, 0.29) is 11.6 Å². The van der Waals surface area contributed by atoms with Crippen LogP contribution in [-0.4, -0.2) is 41.5 Å². The van der Waals surface area contributed by atoms with E-state index in [1.54, 1.807) is 55.6 Å². The lowest BCUT2D eigenvalue weighted by Gasteiger charge is -2.08. The highest BCUT2D eigenvalue weighted by Gasteiger charge is 2.12. The highest BCUT2D eigenvalue weighted by molar-refractivity contribution is 6.04. The average molecular weight is 406 g/mol. The Morgan fingerprint density at radius 1 is 0.900 bits per heavy atom. The molecule has 0 saturated carbocycles. The lowest BCUT2D eigenvalue weighted by molar-refractivity contribution is -0.119. The zero-order valence-electron chi connectivity index (χ0n) is 16.0. The van der Waals surface area contributed by atoms with E-state index in [0.717, 1.165) is 0 Å². The van der Waals surface area contributed by atoms with E-state index in [0.29, 0.717) is 22.7 Å². The van der Waals surface area contributed by atoms with E-state index in [9.17, 15) is 14.4 Å². The Kier molecular flexibility index (Phi) is 6.67. The first kappa shape index (κ1) is 20.5. The SMILES string of the molecule is COc1ccc(NC(=O)c2ccc(NC(=O)COC(=O)c3cnccn3)cc2)cc1. The van der Waals surface area contributed by atoms with Crippen molar-refractivity contribution in [2.75, 3.05) is 24.4 Å². The van der Waals surface area contributed by atoms with E-state index in [1.807, 2.05) is 0 Å². The Morgan fingerprint density at radius 3 is 2.20 bits per heavy atom. The first-order chi connectivity index (χ1) is 14.5. The molecule has 0 bridgehead atoms. The Labute approximate surface area is 172 Å². The lowest BCUT2D eigenvalue weighted by Crippen LogP contribution is -2.21. The minimum absolute atomic E-state index is 0.0116. The van der Waals surface area contributed by atoms with Gasteiger partial charge in [0.25, 0.3) is 11.8 Å². The molecule has 0 unspecified atom stereocenters. The number of amides is 2. The van der Waals surface area contributed by atoms with Gasteiger partial charge in [-0.05, 0) is 48.5 Å². The lowest BCUT2D eigenvalue weighted by atomic mass is 10.2. The highest BCUT2D eigenvalue weighted by Crippen LogP contribution is 2.16. The number of hydrogen-bond donors (Lipinski definition) is 2. The van der Waals surface area contributed by atoms with Crippen LogP contribution in [0.3, 0.4) is 0 Å². The summed E-state index contributed by atoms with van der Waals surface area (Å²) >= 11 is 0. The quantitative estimate of drug-likeness (QED) is 0.579. The van der Waals surface area contributed by atoms with Gasteiger partial charge in [-0.1, -0.05) is 0 Å². The van der Waals surface area contributed by atoms with Gasteiger partial charge in [-0.3, -0.25) is 14.6 Å². The summed E-state index contributed by atoms with van der Waals surface area (Å²) in [7, 11) is 1.57. The first-order valence-electron chi connectivity index (χ1n) is 8.83. The van der Waals surface area contributed by atoms with Crippen molar-refractivity contribution >= 4 is 29.2 Å². The van der Waals surface area contributed by atoms with Crippen molar-refractivity contribution in [3.8, 4) is 5.75 Å². The maximum atomic E-state index is 12.3. The van der Waals surface area contributed by atoms with Gasteiger partial charge >= 0.3 is 5.97 Å². The largest absolute Gasteiger partial charge is 0.497 e. The molecule has 0 atom stereocenters. The van der Waals surface area contributed by atoms with Crippen molar-refractivity contribution in [1.82, 2.24) is 9.97 Å². The second kappa shape index (κ2) is 9.78. The van der Waals surface area contributed by atoms with Gasteiger partial charge in [-0.15, -0.1) is 0 Å². The van der Waals surface area contributed by atoms with Gasteiger partial charge in [0.1, 0.15) is 5.75 Å². The van der Waals surface area contributed by atoms with Crippen LogP contribution in [0.1, 0.15) is 20.8 Å². The van der Waals surface area contributed by atoms with Gasteiger partial charge in [0.2, 0.25) is 0 Å². The zero-order valence-corrected chi connectivity index (χ0v) is 16.0. The minimum atomic E-state index is -0.746. The molecule has 30 heavy (non-hydrogen) atoms. The van der Waals surface area contributed by atoms with E-state index in [1.165, 1.54) is 18.6 Å². The third-order valence-electron chi connectivity index (χ3n) is 3.89. The predicted molar refractivity (Wildman–Crippen MR) is 108 cm³/mol. The summed E-state index contributed by atoms with van der Waals surface area (Å²) < 4.78 is 9.96. The standard InChI is InChI=1S/C21H18N4O5/c1-29-17-8-6-16(7-9-17)25-20(27)14-2-4-15(5-3-14)24-19(26)13-30-21(28)18-12-22-10-11-23-18/h2-12H,13H2,1H3,(H,24,26)(H,25,27). The molecule has 9 nitrogen and oxygen atoms in total. The molecule has 0 fully saturated rings. The molecular weight excluding hydrogens is 388 g/mol. The molecule has 2 N–H and O–H groups in total. The number of nitrogens with one attached hydrogen (secondary N) is 2. The van der Waals surface area contributed by atoms with E-state index in [4.69, 9.17) is 9.47 Å². The fraction of sp³-hybridized carbons (Fsp3) is 0.0952. The van der Waals surface area contributed by atoms with E-state index in [2.05, 4.69) is 20.6 Å². The summed E-state index contributed by atoms with van der Waals surface area (Å²) in [5.41, 5.74) is 1.51. The zero-order chi connectivity index (χ0) is 21.3. The van der Waals surface area contributed by atoms with Crippen LogP contribution in [0.2, 0.25) is 0 Å². The van der Waals surface area contributed by atoms with Crippen molar-refractivity contribution in [3.05, 3.63) is 78.4 Å². The number of hydrogen-bond acceptors (Lipinski definition) is 7. The van der Waals surface area contributed by atoms with Crippen molar-refractivity contribution in [3.63, 3.8) is 0 Å². The Hall–Kier alpha value is -4.27. The summed E-state index contributed by atoms with van der Waals surface area (Å²) in [5.74, 6) is -0.877. The summed E-state index contributed by atoms with van der Waals surface area (Å²) in [6, 6.07) is 13.2. The van der Waals surface area contributed by atoms with Crippen LogP contribution in [0.15, 0.2) is 67.1 Å². The molecule has 0 spiro atoms. The topological polar surface area (TPSA) is 120 Å². The molecule has 1 heterocycles. The molecule has 0 aliphatic heterocycles. The number of carbonyl (C=O) groups excluding carboxylic acids is 3. The third kappa shape index (κ3) is 5.61. The molecule has 3 aromatic rings. The number of ether oxygens (including phenoxy) is 2. The normalized spacial score (nSPS) is 10.0. The molecular formula is C21H18N4O5. The smallest absolute Gasteiger partial charge is 0.359 e.